The minimum Gasteiger partial charge on any atom is -0.438 e. The van der Waals surface area contributed by atoms with Gasteiger partial charge in [-0.15, -0.1) is 0 Å². The van der Waals surface area contributed by atoms with Gasteiger partial charge in [0.25, 0.3) is 0 Å². The molecule has 3 N–H and O–H groups in total. The number of pyridine rings is 1. The third-order valence-electron chi connectivity index (χ3n) is 2.92. The van der Waals surface area contributed by atoms with Crippen molar-refractivity contribution in [3.05, 3.63) is 53.2 Å². The van der Waals surface area contributed by atoms with E-state index < -0.39 is 0 Å². The van der Waals surface area contributed by atoms with E-state index in [4.69, 9.17) is 15.9 Å². The van der Waals surface area contributed by atoms with Gasteiger partial charge in [0.05, 0.1) is 5.56 Å². The van der Waals surface area contributed by atoms with Crippen molar-refractivity contribution >= 4 is 5.84 Å². The Morgan fingerprint density at radius 1 is 1.37 bits per heavy atom. The number of aromatic nitrogens is 1. The highest BCUT2D eigenvalue weighted by atomic mass is 16.5. The van der Waals surface area contributed by atoms with E-state index in [9.17, 15) is 0 Å². The molecule has 19 heavy (non-hydrogen) atoms. The summed E-state index contributed by atoms with van der Waals surface area (Å²) in [6.07, 6.45) is 2.60. The molecule has 0 fully saturated rings. The van der Waals surface area contributed by atoms with Crippen LogP contribution < -0.4 is 10.5 Å². The van der Waals surface area contributed by atoms with Crippen LogP contribution in [0.4, 0.5) is 0 Å². The summed E-state index contributed by atoms with van der Waals surface area (Å²) in [5.41, 5.74) is 8.20. The predicted molar refractivity (Wildman–Crippen MR) is 75.9 cm³/mol. The highest BCUT2D eigenvalue weighted by Gasteiger charge is 2.12. The number of rotatable bonds is 4. The first-order chi connectivity index (χ1) is 9.11. The van der Waals surface area contributed by atoms with Crippen molar-refractivity contribution in [1.29, 1.82) is 5.41 Å². The smallest absolute Gasteiger partial charge is 0.230 e. The van der Waals surface area contributed by atoms with Gasteiger partial charge in [-0.3, -0.25) is 5.41 Å². The number of hydrogen-bond donors (Lipinski definition) is 2. The maximum atomic E-state index is 7.62. The van der Waals surface area contributed by atoms with Crippen molar-refractivity contribution in [3.8, 4) is 11.6 Å². The van der Waals surface area contributed by atoms with Crippen LogP contribution in [-0.2, 0) is 6.42 Å². The molecule has 0 unspecified atom stereocenters. The van der Waals surface area contributed by atoms with E-state index in [2.05, 4.69) is 11.9 Å². The van der Waals surface area contributed by atoms with Crippen LogP contribution in [0.25, 0.3) is 0 Å². The van der Waals surface area contributed by atoms with Crippen molar-refractivity contribution in [2.45, 2.75) is 20.3 Å². The largest absolute Gasteiger partial charge is 0.438 e. The Morgan fingerprint density at radius 2 is 2.16 bits per heavy atom. The van der Waals surface area contributed by atoms with Crippen LogP contribution >= 0.6 is 0 Å². The number of aryl methyl sites for hydroxylation is 2. The minimum atomic E-state index is -0.0350. The average Bonchev–Trinajstić information content (AvgIpc) is 2.38. The molecule has 0 aliphatic rings. The summed E-state index contributed by atoms with van der Waals surface area (Å²) in [4.78, 5) is 4.17. The molecule has 0 amide bonds. The van der Waals surface area contributed by atoms with Crippen molar-refractivity contribution < 1.29 is 4.74 Å². The maximum Gasteiger partial charge on any atom is 0.230 e. The van der Waals surface area contributed by atoms with Crippen molar-refractivity contribution in [3.63, 3.8) is 0 Å². The van der Waals surface area contributed by atoms with Crippen molar-refractivity contribution in [2.24, 2.45) is 5.73 Å². The first-order valence-corrected chi connectivity index (χ1v) is 6.18. The minimum absolute atomic E-state index is 0.0350. The molecule has 4 nitrogen and oxygen atoms in total. The molecule has 1 aromatic carbocycles. The van der Waals surface area contributed by atoms with Gasteiger partial charge < -0.3 is 10.5 Å². The zero-order chi connectivity index (χ0) is 13.8. The van der Waals surface area contributed by atoms with Crippen LogP contribution in [0.3, 0.4) is 0 Å². The second kappa shape index (κ2) is 5.52. The van der Waals surface area contributed by atoms with Gasteiger partial charge in [-0.05, 0) is 42.7 Å². The summed E-state index contributed by atoms with van der Waals surface area (Å²) in [6.45, 7) is 3.97. The number of nitrogen functional groups attached to an aromatic ring is 1. The van der Waals surface area contributed by atoms with E-state index in [1.165, 1.54) is 5.56 Å². The molecule has 4 heteroatoms. The van der Waals surface area contributed by atoms with Gasteiger partial charge in [0.1, 0.15) is 11.6 Å². The van der Waals surface area contributed by atoms with Crippen LogP contribution in [0.1, 0.15) is 23.6 Å². The highest BCUT2D eigenvalue weighted by Crippen LogP contribution is 2.25. The maximum absolute atomic E-state index is 7.62. The van der Waals surface area contributed by atoms with Crippen molar-refractivity contribution in [2.75, 3.05) is 0 Å². The number of hydrogen-bond acceptors (Lipinski definition) is 3. The molecule has 0 radical (unpaired) electrons. The molecule has 0 bridgehead atoms. The second-order valence-corrected chi connectivity index (χ2v) is 4.32. The quantitative estimate of drug-likeness (QED) is 0.651. The highest BCUT2D eigenvalue weighted by molar-refractivity contribution is 5.98. The van der Waals surface area contributed by atoms with Crippen LogP contribution in [0.2, 0.25) is 0 Å². The van der Waals surface area contributed by atoms with E-state index in [1.807, 2.05) is 37.3 Å². The monoisotopic (exact) mass is 255 g/mol. The Labute approximate surface area is 112 Å². The SMILES string of the molecule is CCc1cccc(Oc2nccc(C)c2C(=N)N)c1. The third-order valence-corrected chi connectivity index (χ3v) is 2.92. The van der Waals surface area contributed by atoms with E-state index in [1.54, 1.807) is 6.20 Å². The normalized spacial score (nSPS) is 10.2. The van der Waals surface area contributed by atoms with Crippen LogP contribution in [0.5, 0.6) is 11.6 Å². The number of ether oxygens (including phenoxy) is 1. The van der Waals surface area contributed by atoms with Gasteiger partial charge in [0.2, 0.25) is 5.88 Å². The Morgan fingerprint density at radius 3 is 2.84 bits per heavy atom. The molecule has 0 spiro atoms. The Hall–Kier alpha value is -2.36. The zero-order valence-corrected chi connectivity index (χ0v) is 11.1. The van der Waals surface area contributed by atoms with E-state index >= 15 is 0 Å². The summed E-state index contributed by atoms with van der Waals surface area (Å²) in [5, 5.41) is 7.62. The topological polar surface area (TPSA) is 72.0 Å². The number of benzene rings is 1. The summed E-state index contributed by atoms with van der Waals surface area (Å²) in [7, 11) is 0. The number of nitrogens with two attached hydrogens (primary N) is 1. The van der Waals surface area contributed by atoms with Crippen LogP contribution in [0.15, 0.2) is 36.5 Å². The molecular formula is C15H17N3O. The molecule has 98 valence electrons. The lowest BCUT2D eigenvalue weighted by molar-refractivity contribution is 0.460. The molecule has 0 aliphatic heterocycles. The van der Waals surface area contributed by atoms with Crippen LogP contribution in [0, 0.1) is 12.3 Å². The lowest BCUT2D eigenvalue weighted by atomic mass is 10.1. The number of nitrogens with one attached hydrogen (secondary N) is 1. The van der Waals surface area contributed by atoms with Gasteiger partial charge in [-0.25, -0.2) is 4.98 Å². The first kappa shape index (κ1) is 13.1. The molecule has 1 aromatic heterocycles. The molecule has 0 aliphatic carbocycles. The number of amidine groups is 1. The summed E-state index contributed by atoms with van der Waals surface area (Å²) in [6, 6.07) is 9.63. The molecule has 0 saturated heterocycles. The zero-order valence-electron chi connectivity index (χ0n) is 11.1. The van der Waals surface area contributed by atoms with Crippen LogP contribution in [-0.4, -0.2) is 10.8 Å². The second-order valence-electron chi connectivity index (χ2n) is 4.32. The van der Waals surface area contributed by atoms with E-state index in [0.29, 0.717) is 17.2 Å². The molecular weight excluding hydrogens is 238 g/mol. The first-order valence-electron chi connectivity index (χ1n) is 6.18. The standard InChI is InChI=1S/C15H17N3O/c1-3-11-5-4-6-12(9-11)19-15-13(14(16)17)10(2)7-8-18-15/h4-9H,3H2,1-2H3,(H3,16,17). The summed E-state index contributed by atoms with van der Waals surface area (Å²) < 4.78 is 5.76. The summed E-state index contributed by atoms with van der Waals surface area (Å²) >= 11 is 0. The summed E-state index contributed by atoms with van der Waals surface area (Å²) in [5.74, 6) is 1.05. The molecule has 1 heterocycles. The Bertz CT molecular complexity index is 608. The fraction of sp³-hybridized carbons (Fsp3) is 0.200. The predicted octanol–water partition coefficient (Wildman–Crippen LogP) is 3.03. The molecule has 0 saturated carbocycles. The third kappa shape index (κ3) is 2.91. The van der Waals surface area contributed by atoms with Gasteiger partial charge in [-0.2, -0.15) is 0 Å². The van der Waals surface area contributed by atoms with Gasteiger partial charge in [-0.1, -0.05) is 19.1 Å². The Balaban J connectivity index is 2.38. The molecule has 2 aromatic rings. The fourth-order valence-electron chi connectivity index (χ4n) is 1.88. The average molecular weight is 255 g/mol. The molecule has 2 rings (SSSR count). The lowest BCUT2D eigenvalue weighted by Crippen LogP contribution is -2.14. The number of nitrogens with zero attached hydrogens (tertiary/aromatic N) is 1. The lowest BCUT2D eigenvalue weighted by Gasteiger charge is -2.11. The van der Waals surface area contributed by atoms with Gasteiger partial charge >= 0.3 is 0 Å². The van der Waals surface area contributed by atoms with E-state index in [-0.39, 0.29) is 5.84 Å². The molecule has 0 atom stereocenters. The van der Waals surface area contributed by atoms with E-state index in [0.717, 1.165) is 12.0 Å². The fourth-order valence-corrected chi connectivity index (χ4v) is 1.88. The van der Waals surface area contributed by atoms with Gasteiger partial charge in [0.15, 0.2) is 0 Å². The van der Waals surface area contributed by atoms with Gasteiger partial charge in [0, 0.05) is 6.20 Å². The Kier molecular flexibility index (Phi) is 3.80. The van der Waals surface area contributed by atoms with Crippen molar-refractivity contribution in [1.82, 2.24) is 4.98 Å².